The standard InChI is InChI=1S/C17H18ClN3O4S/c1-19-26(24,25)13-8-6-12(7-9-13)10-20-16(22)11-21-17(23)14-4-2-3-5-15(14)18/h2-9,19H,10-11H2,1H3,(H,20,22)(H,21,23). The van der Waals surface area contributed by atoms with E-state index in [2.05, 4.69) is 15.4 Å². The zero-order valence-electron chi connectivity index (χ0n) is 14.0. The van der Waals surface area contributed by atoms with Gasteiger partial charge < -0.3 is 10.6 Å². The van der Waals surface area contributed by atoms with Crippen molar-refractivity contribution in [1.29, 1.82) is 0 Å². The molecule has 0 heterocycles. The average Bonchev–Trinajstić information content (AvgIpc) is 2.65. The Labute approximate surface area is 156 Å². The van der Waals surface area contributed by atoms with Gasteiger partial charge in [0.25, 0.3) is 5.91 Å². The number of hydrogen-bond donors (Lipinski definition) is 3. The molecule has 3 N–H and O–H groups in total. The maximum atomic E-state index is 12.0. The van der Waals surface area contributed by atoms with E-state index in [0.717, 1.165) is 5.56 Å². The monoisotopic (exact) mass is 395 g/mol. The summed E-state index contributed by atoms with van der Waals surface area (Å²) in [5.41, 5.74) is 1.02. The van der Waals surface area contributed by atoms with E-state index in [9.17, 15) is 18.0 Å². The number of rotatable bonds is 7. The third kappa shape index (κ3) is 5.29. The van der Waals surface area contributed by atoms with Gasteiger partial charge in [0, 0.05) is 6.54 Å². The first-order valence-electron chi connectivity index (χ1n) is 7.65. The van der Waals surface area contributed by atoms with Crippen molar-refractivity contribution in [2.45, 2.75) is 11.4 Å². The molecule has 0 atom stereocenters. The number of amides is 2. The Morgan fingerprint density at radius 3 is 2.27 bits per heavy atom. The molecule has 7 nitrogen and oxygen atoms in total. The Bertz CT molecular complexity index is 898. The van der Waals surface area contributed by atoms with Gasteiger partial charge in [0.1, 0.15) is 0 Å². The highest BCUT2D eigenvalue weighted by atomic mass is 35.5. The van der Waals surface area contributed by atoms with Crippen molar-refractivity contribution in [3.8, 4) is 0 Å². The van der Waals surface area contributed by atoms with E-state index in [1.165, 1.54) is 19.2 Å². The Balaban J connectivity index is 1.84. The van der Waals surface area contributed by atoms with Gasteiger partial charge in [-0.25, -0.2) is 13.1 Å². The minimum absolute atomic E-state index is 0.141. The predicted octanol–water partition coefficient (Wildman–Crippen LogP) is 1.29. The van der Waals surface area contributed by atoms with E-state index in [-0.39, 0.29) is 23.9 Å². The molecule has 2 aromatic rings. The zero-order valence-corrected chi connectivity index (χ0v) is 15.5. The molecule has 0 saturated carbocycles. The van der Waals surface area contributed by atoms with Gasteiger partial charge in [0.15, 0.2) is 0 Å². The third-order valence-electron chi connectivity index (χ3n) is 3.52. The normalized spacial score (nSPS) is 11.0. The molecule has 0 aliphatic carbocycles. The maximum Gasteiger partial charge on any atom is 0.253 e. The summed E-state index contributed by atoms with van der Waals surface area (Å²) in [6.07, 6.45) is 0. The maximum absolute atomic E-state index is 12.0. The van der Waals surface area contributed by atoms with Gasteiger partial charge in [0.2, 0.25) is 15.9 Å². The first kappa shape index (κ1) is 19.9. The highest BCUT2D eigenvalue weighted by Gasteiger charge is 2.12. The first-order chi connectivity index (χ1) is 12.3. The lowest BCUT2D eigenvalue weighted by atomic mass is 10.2. The van der Waals surface area contributed by atoms with Crippen LogP contribution in [0.25, 0.3) is 0 Å². The van der Waals surface area contributed by atoms with Crippen molar-refractivity contribution < 1.29 is 18.0 Å². The number of sulfonamides is 1. The molecule has 0 aromatic heterocycles. The molecular formula is C17H18ClN3O4S. The third-order valence-corrected chi connectivity index (χ3v) is 5.28. The lowest BCUT2D eigenvalue weighted by Crippen LogP contribution is -2.36. The molecule has 2 amide bonds. The molecule has 26 heavy (non-hydrogen) atoms. The number of hydrogen-bond acceptors (Lipinski definition) is 4. The van der Waals surface area contributed by atoms with E-state index in [0.29, 0.717) is 10.6 Å². The van der Waals surface area contributed by atoms with Crippen molar-refractivity contribution in [2.24, 2.45) is 0 Å². The summed E-state index contributed by atoms with van der Waals surface area (Å²) >= 11 is 5.92. The number of benzene rings is 2. The van der Waals surface area contributed by atoms with Gasteiger partial charge in [-0.15, -0.1) is 0 Å². The van der Waals surface area contributed by atoms with Crippen LogP contribution in [0.15, 0.2) is 53.4 Å². The molecule has 2 aromatic carbocycles. The van der Waals surface area contributed by atoms with E-state index in [4.69, 9.17) is 11.6 Å². The Hall–Kier alpha value is -2.42. The number of halogens is 1. The lowest BCUT2D eigenvalue weighted by Gasteiger charge is -2.08. The molecule has 0 saturated heterocycles. The van der Waals surface area contributed by atoms with Crippen LogP contribution in [0.4, 0.5) is 0 Å². The average molecular weight is 396 g/mol. The largest absolute Gasteiger partial charge is 0.350 e. The Morgan fingerprint density at radius 2 is 1.65 bits per heavy atom. The van der Waals surface area contributed by atoms with E-state index >= 15 is 0 Å². The van der Waals surface area contributed by atoms with Gasteiger partial charge in [-0.3, -0.25) is 9.59 Å². The van der Waals surface area contributed by atoms with Crippen LogP contribution in [0.1, 0.15) is 15.9 Å². The summed E-state index contributed by atoms with van der Waals surface area (Å²) in [6, 6.07) is 12.7. The minimum Gasteiger partial charge on any atom is -0.350 e. The fourth-order valence-electron chi connectivity index (χ4n) is 2.07. The number of carbonyl (C=O) groups excluding carboxylic acids is 2. The first-order valence-corrected chi connectivity index (χ1v) is 9.51. The quantitative estimate of drug-likeness (QED) is 0.657. The molecule has 0 radical (unpaired) electrons. The predicted molar refractivity (Wildman–Crippen MR) is 98.3 cm³/mol. The van der Waals surface area contributed by atoms with Crippen molar-refractivity contribution in [3.63, 3.8) is 0 Å². The van der Waals surface area contributed by atoms with E-state index in [1.807, 2.05) is 0 Å². The van der Waals surface area contributed by atoms with Crippen molar-refractivity contribution in [2.75, 3.05) is 13.6 Å². The molecule has 0 unspecified atom stereocenters. The fraction of sp³-hybridized carbons (Fsp3) is 0.176. The number of nitrogens with one attached hydrogen (secondary N) is 3. The van der Waals surface area contributed by atoms with Crippen molar-refractivity contribution in [3.05, 3.63) is 64.7 Å². The van der Waals surface area contributed by atoms with E-state index < -0.39 is 15.9 Å². The molecule has 0 bridgehead atoms. The van der Waals surface area contributed by atoms with Crippen LogP contribution >= 0.6 is 11.6 Å². The van der Waals surface area contributed by atoms with Crippen molar-refractivity contribution in [1.82, 2.24) is 15.4 Å². The summed E-state index contributed by atoms with van der Waals surface area (Å²) in [5, 5.41) is 5.44. The second-order valence-electron chi connectivity index (χ2n) is 5.29. The summed E-state index contributed by atoms with van der Waals surface area (Å²) in [6.45, 7) is 0.0109. The second-order valence-corrected chi connectivity index (χ2v) is 7.58. The Morgan fingerprint density at radius 1 is 1.00 bits per heavy atom. The van der Waals surface area contributed by atoms with E-state index in [1.54, 1.807) is 36.4 Å². The topological polar surface area (TPSA) is 104 Å². The van der Waals surface area contributed by atoms with Crippen molar-refractivity contribution >= 4 is 33.4 Å². The summed E-state index contributed by atoms with van der Waals surface area (Å²) in [7, 11) is -2.16. The van der Waals surface area contributed by atoms with Gasteiger partial charge in [-0.05, 0) is 36.9 Å². The van der Waals surface area contributed by atoms with Crippen LogP contribution in [0.5, 0.6) is 0 Å². The lowest BCUT2D eigenvalue weighted by molar-refractivity contribution is -0.120. The van der Waals surface area contributed by atoms with Crippen LogP contribution in [0.2, 0.25) is 5.02 Å². The highest BCUT2D eigenvalue weighted by Crippen LogP contribution is 2.14. The molecule has 138 valence electrons. The molecule has 0 fully saturated rings. The highest BCUT2D eigenvalue weighted by molar-refractivity contribution is 7.89. The molecule has 0 aliphatic heterocycles. The zero-order chi connectivity index (χ0) is 19.2. The van der Waals surface area contributed by atoms with Crippen LogP contribution in [-0.2, 0) is 21.4 Å². The summed E-state index contributed by atoms with van der Waals surface area (Å²) < 4.78 is 25.5. The van der Waals surface area contributed by atoms with Gasteiger partial charge in [0.05, 0.1) is 22.0 Å². The SMILES string of the molecule is CNS(=O)(=O)c1ccc(CNC(=O)CNC(=O)c2ccccc2Cl)cc1. The smallest absolute Gasteiger partial charge is 0.253 e. The van der Waals surface area contributed by atoms with Gasteiger partial charge in [-0.2, -0.15) is 0 Å². The molecular weight excluding hydrogens is 378 g/mol. The molecule has 9 heteroatoms. The summed E-state index contributed by atoms with van der Waals surface area (Å²) in [4.78, 5) is 24.0. The fourth-order valence-corrected chi connectivity index (χ4v) is 3.02. The van der Waals surface area contributed by atoms with Crippen LogP contribution < -0.4 is 15.4 Å². The molecule has 0 spiro atoms. The Kier molecular flexibility index (Phi) is 6.73. The summed E-state index contributed by atoms with van der Waals surface area (Å²) in [5.74, 6) is -0.815. The molecule has 0 aliphatic rings. The van der Waals surface area contributed by atoms with Gasteiger partial charge in [-0.1, -0.05) is 35.9 Å². The molecule has 2 rings (SSSR count). The minimum atomic E-state index is -3.49. The number of carbonyl (C=O) groups is 2. The van der Waals surface area contributed by atoms with Crippen LogP contribution in [0, 0.1) is 0 Å². The van der Waals surface area contributed by atoms with Crippen LogP contribution in [-0.4, -0.2) is 33.8 Å². The van der Waals surface area contributed by atoms with Gasteiger partial charge >= 0.3 is 0 Å². The van der Waals surface area contributed by atoms with Crippen LogP contribution in [0.3, 0.4) is 0 Å². The second kappa shape index (κ2) is 8.79.